The molecule has 0 saturated carbocycles. The summed E-state index contributed by atoms with van der Waals surface area (Å²) in [5, 5.41) is 2.75. The number of rotatable bonds is 2. The smallest absolute Gasteiger partial charge is 0.0167 e. The van der Waals surface area contributed by atoms with Crippen LogP contribution in [0.4, 0.5) is 0 Å². The summed E-state index contributed by atoms with van der Waals surface area (Å²) in [6, 6.07) is 0. The quantitative estimate of drug-likeness (QED) is 0.697. The maximum Gasteiger partial charge on any atom is -0.0167 e. The minimum atomic E-state index is 0.482. The molecule has 0 fully saturated rings. The SMILES string of the molecule is CCC(C)[C@@H](C)C(C)(C)C.CNC. The predicted molar refractivity (Wildman–Crippen MR) is 63.1 cm³/mol. The lowest BCUT2D eigenvalue weighted by Crippen LogP contribution is -2.23. The van der Waals surface area contributed by atoms with Gasteiger partial charge in [-0.3, -0.25) is 0 Å². The van der Waals surface area contributed by atoms with E-state index in [9.17, 15) is 0 Å². The van der Waals surface area contributed by atoms with Crippen molar-refractivity contribution in [3.05, 3.63) is 0 Å². The van der Waals surface area contributed by atoms with E-state index < -0.39 is 0 Å². The molecule has 0 spiro atoms. The molecule has 13 heavy (non-hydrogen) atoms. The van der Waals surface area contributed by atoms with Crippen molar-refractivity contribution in [2.24, 2.45) is 17.3 Å². The summed E-state index contributed by atoms with van der Waals surface area (Å²) >= 11 is 0. The summed E-state index contributed by atoms with van der Waals surface area (Å²) in [6.45, 7) is 13.9. The van der Waals surface area contributed by atoms with Crippen molar-refractivity contribution in [2.75, 3.05) is 14.1 Å². The number of hydrogen-bond acceptors (Lipinski definition) is 1. The Balaban J connectivity index is 0. The molecule has 1 nitrogen and oxygen atoms in total. The van der Waals surface area contributed by atoms with Crippen molar-refractivity contribution in [2.45, 2.75) is 48.0 Å². The van der Waals surface area contributed by atoms with Crippen molar-refractivity contribution in [1.29, 1.82) is 0 Å². The van der Waals surface area contributed by atoms with Crippen LogP contribution < -0.4 is 5.32 Å². The first-order valence-electron chi connectivity index (χ1n) is 5.39. The molecule has 1 unspecified atom stereocenters. The monoisotopic (exact) mass is 187 g/mol. The Morgan fingerprint density at radius 1 is 1.08 bits per heavy atom. The van der Waals surface area contributed by atoms with Crippen LogP contribution in [0.15, 0.2) is 0 Å². The average Bonchev–Trinajstić information content (AvgIpc) is 2.01. The van der Waals surface area contributed by atoms with Crippen LogP contribution in [0.2, 0.25) is 0 Å². The van der Waals surface area contributed by atoms with E-state index in [4.69, 9.17) is 0 Å². The lowest BCUT2D eigenvalue weighted by Gasteiger charge is -2.31. The van der Waals surface area contributed by atoms with E-state index in [1.807, 2.05) is 14.1 Å². The molecule has 0 aromatic rings. The second-order valence-corrected chi connectivity index (χ2v) is 5.04. The fourth-order valence-corrected chi connectivity index (χ4v) is 1.21. The van der Waals surface area contributed by atoms with Crippen LogP contribution in [0.3, 0.4) is 0 Å². The van der Waals surface area contributed by atoms with Gasteiger partial charge in [0, 0.05) is 0 Å². The molecule has 1 N–H and O–H groups in total. The van der Waals surface area contributed by atoms with Gasteiger partial charge >= 0.3 is 0 Å². The topological polar surface area (TPSA) is 12.0 Å². The average molecular weight is 187 g/mol. The molecule has 0 saturated heterocycles. The van der Waals surface area contributed by atoms with Crippen molar-refractivity contribution in [3.8, 4) is 0 Å². The van der Waals surface area contributed by atoms with Gasteiger partial charge in [0.05, 0.1) is 0 Å². The third-order valence-corrected chi connectivity index (χ3v) is 2.86. The van der Waals surface area contributed by atoms with Crippen molar-refractivity contribution in [3.63, 3.8) is 0 Å². The molecule has 0 aromatic heterocycles. The molecule has 0 aliphatic carbocycles. The molecule has 0 amide bonds. The molecule has 2 atom stereocenters. The third-order valence-electron chi connectivity index (χ3n) is 2.86. The van der Waals surface area contributed by atoms with E-state index >= 15 is 0 Å². The van der Waals surface area contributed by atoms with E-state index in [1.54, 1.807) is 0 Å². The van der Waals surface area contributed by atoms with Crippen molar-refractivity contribution in [1.82, 2.24) is 5.32 Å². The standard InChI is InChI=1S/C10H22.C2H7N/c1-7-8(2)9(3)10(4,5)6;1-3-2/h8-9H,7H2,1-6H3;3H,1-2H3/t8?,9-;/m1./s1. The molecule has 0 bridgehead atoms. The van der Waals surface area contributed by atoms with Gasteiger partial charge in [0.25, 0.3) is 0 Å². The molecule has 0 rings (SSSR count). The van der Waals surface area contributed by atoms with Gasteiger partial charge in [-0.15, -0.1) is 0 Å². The summed E-state index contributed by atoms with van der Waals surface area (Å²) in [5.41, 5.74) is 0.482. The van der Waals surface area contributed by atoms with E-state index in [-0.39, 0.29) is 0 Å². The molecule has 0 aromatic carbocycles. The minimum Gasteiger partial charge on any atom is -0.323 e. The van der Waals surface area contributed by atoms with Gasteiger partial charge in [-0.1, -0.05) is 48.0 Å². The van der Waals surface area contributed by atoms with E-state index in [1.165, 1.54) is 6.42 Å². The molecule has 1 heteroatoms. The zero-order valence-corrected chi connectivity index (χ0v) is 10.9. The van der Waals surface area contributed by atoms with E-state index in [0.29, 0.717) is 5.41 Å². The summed E-state index contributed by atoms with van der Waals surface area (Å²) < 4.78 is 0. The highest BCUT2D eigenvalue weighted by molar-refractivity contribution is 4.73. The molecular formula is C12H29N. The number of nitrogens with one attached hydrogen (secondary N) is 1. The van der Waals surface area contributed by atoms with E-state index in [2.05, 4.69) is 46.9 Å². The second-order valence-electron chi connectivity index (χ2n) is 5.04. The highest BCUT2D eigenvalue weighted by Gasteiger charge is 2.23. The highest BCUT2D eigenvalue weighted by Crippen LogP contribution is 2.32. The van der Waals surface area contributed by atoms with Crippen LogP contribution in [0.5, 0.6) is 0 Å². The maximum atomic E-state index is 2.75. The van der Waals surface area contributed by atoms with Gasteiger partial charge in [-0.05, 0) is 31.3 Å². The van der Waals surface area contributed by atoms with Crippen LogP contribution in [-0.4, -0.2) is 14.1 Å². The number of hydrogen-bond donors (Lipinski definition) is 1. The Kier molecular flexibility index (Phi) is 8.75. The van der Waals surface area contributed by atoms with Crippen LogP contribution in [0, 0.1) is 17.3 Å². The molecule has 0 aliphatic heterocycles. The maximum absolute atomic E-state index is 2.75. The van der Waals surface area contributed by atoms with Crippen molar-refractivity contribution >= 4 is 0 Å². The summed E-state index contributed by atoms with van der Waals surface area (Å²) in [4.78, 5) is 0. The van der Waals surface area contributed by atoms with Crippen molar-refractivity contribution < 1.29 is 0 Å². The predicted octanol–water partition coefficient (Wildman–Crippen LogP) is 3.55. The van der Waals surface area contributed by atoms with Crippen LogP contribution >= 0.6 is 0 Å². The van der Waals surface area contributed by atoms with Crippen LogP contribution in [0.1, 0.15) is 48.0 Å². The summed E-state index contributed by atoms with van der Waals surface area (Å²) in [7, 11) is 3.75. The van der Waals surface area contributed by atoms with Gasteiger partial charge in [-0.25, -0.2) is 0 Å². The molecule has 0 heterocycles. The fourth-order valence-electron chi connectivity index (χ4n) is 1.21. The van der Waals surface area contributed by atoms with Gasteiger partial charge in [0.1, 0.15) is 0 Å². The Morgan fingerprint density at radius 2 is 1.38 bits per heavy atom. The zero-order valence-electron chi connectivity index (χ0n) is 10.9. The molecule has 0 aliphatic rings. The summed E-state index contributed by atoms with van der Waals surface area (Å²) in [6.07, 6.45) is 1.30. The second kappa shape index (κ2) is 7.37. The highest BCUT2D eigenvalue weighted by atomic mass is 14.7. The first kappa shape index (κ1) is 15.4. The first-order chi connectivity index (χ1) is 5.81. The summed E-state index contributed by atoms with van der Waals surface area (Å²) in [5.74, 6) is 1.69. The van der Waals surface area contributed by atoms with Gasteiger partial charge < -0.3 is 5.32 Å². The molecule has 82 valence electrons. The minimum absolute atomic E-state index is 0.482. The molecule has 0 radical (unpaired) electrons. The normalized spacial score (nSPS) is 15.7. The van der Waals surface area contributed by atoms with E-state index in [0.717, 1.165) is 11.8 Å². The van der Waals surface area contributed by atoms with Gasteiger partial charge in [0.15, 0.2) is 0 Å². The Labute approximate surface area is 85.3 Å². The fraction of sp³-hybridized carbons (Fsp3) is 1.00. The third kappa shape index (κ3) is 8.29. The Morgan fingerprint density at radius 3 is 1.46 bits per heavy atom. The largest absolute Gasteiger partial charge is 0.323 e. The van der Waals surface area contributed by atoms with Crippen LogP contribution in [-0.2, 0) is 0 Å². The Bertz CT molecular complexity index is 102. The van der Waals surface area contributed by atoms with Gasteiger partial charge in [-0.2, -0.15) is 0 Å². The Hall–Kier alpha value is -0.0400. The van der Waals surface area contributed by atoms with Gasteiger partial charge in [0.2, 0.25) is 0 Å². The van der Waals surface area contributed by atoms with Crippen LogP contribution in [0.25, 0.3) is 0 Å². The lowest BCUT2D eigenvalue weighted by molar-refractivity contribution is 0.184. The zero-order chi connectivity index (χ0) is 11.1. The molecular weight excluding hydrogens is 158 g/mol. The lowest BCUT2D eigenvalue weighted by atomic mass is 9.74. The first-order valence-corrected chi connectivity index (χ1v) is 5.39.